The van der Waals surface area contributed by atoms with Crippen molar-refractivity contribution in [1.82, 2.24) is 9.62 Å². The first kappa shape index (κ1) is 19.8. The molecule has 1 atom stereocenters. The van der Waals surface area contributed by atoms with E-state index in [0.29, 0.717) is 31.9 Å². The van der Waals surface area contributed by atoms with Crippen LogP contribution in [0.5, 0.6) is 0 Å². The minimum atomic E-state index is -3.62. The topological polar surface area (TPSA) is 84.9 Å². The summed E-state index contributed by atoms with van der Waals surface area (Å²) >= 11 is 0. The van der Waals surface area contributed by atoms with E-state index in [0.717, 1.165) is 38.5 Å². The number of carbonyl (C=O) groups excluding carboxylic acids is 1. The largest absolute Gasteiger partial charge is 0.350 e. The van der Waals surface area contributed by atoms with Gasteiger partial charge in [-0.2, -0.15) is 0 Å². The van der Waals surface area contributed by atoms with Gasteiger partial charge in [0.05, 0.1) is 18.1 Å². The van der Waals surface area contributed by atoms with Crippen molar-refractivity contribution in [3.8, 4) is 0 Å². The molecular weight excluding hydrogens is 380 g/mol. The van der Waals surface area contributed by atoms with E-state index in [1.165, 1.54) is 6.07 Å². The summed E-state index contributed by atoms with van der Waals surface area (Å²) in [5.41, 5.74) is 0.406. The van der Waals surface area contributed by atoms with Crippen molar-refractivity contribution >= 4 is 15.9 Å². The van der Waals surface area contributed by atoms with Crippen LogP contribution >= 0.6 is 0 Å². The van der Waals surface area contributed by atoms with Gasteiger partial charge < -0.3 is 14.4 Å². The van der Waals surface area contributed by atoms with Crippen molar-refractivity contribution in [3.63, 3.8) is 0 Å². The van der Waals surface area contributed by atoms with Crippen LogP contribution < -0.4 is 4.72 Å². The molecule has 0 bridgehead atoms. The lowest BCUT2D eigenvalue weighted by Gasteiger charge is -2.34. The Morgan fingerprint density at radius 2 is 1.82 bits per heavy atom. The maximum Gasteiger partial charge on any atom is 0.253 e. The molecule has 1 unspecified atom stereocenters. The van der Waals surface area contributed by atoms with Gasteiger partial charge >= 0.3 is 0 Å². The molecule has 1 N–H and O–H groups in total. The SMILES string of the molecule is O=C(c1cccc(S(=O)(=O)NC2CCCC2)c1)N1CCCC(C2OCCO2)C1. The fourth-order valence-corrected chi connectivity index (χ4v) is 5.73. The third-order valence-corrected chi connectivity index (χ3v) is 7.36. The zero-order valence-electron chi connectivity index (χ0n) is 16.0. The van der Waals surface area contributed by atoms with Crippen LogP contribution in [-0.4, -0.2) is 57.9 Å². The highest BCUT2D eigenvalue weighted by Crippen LogP contribution is 2.26. The molecule has 7 nitrogen and oxygen atoms in total. The number of nitrogens with zero attached hydrogens (tertiary/aromatic N) is 1. The Labute approximate surface area is 166 Å². The summed E-state index contributed by atoms with van der Waals surface area (Å²) in [6.45, 7) is 2.44. The summed E-state index contributed by atoms with van der Waals surface area (Å²) in [5, 5.41) is 0. The maximum atomic E-state index is 13.0. The van der Waals surface area contributed by atoms with Crippen molar-refractivity contribution in [3.05, 3.63) is 29.8 Å². The lowest BCUT2D eigenvalue weighted by molar-refractivity contribution is -0.0969. The van der Waals surface area contributed by atoms with E-state index in [-0.39, 0.29) is 29.1 Å². The number of ether oxygens (including phenoxy) is 2. The molecule has 0 spiro atoms. The average Bonchev–Trinajstić information content (AvgIpc) is 3.41. The first-order chi connectivity index (χ1) is 13.5. The van der Waals surface area contributed by atoms with Gasteiger partial charge in [-0.3, -0.25) is 4.79 Å². The summed E-state index contributed by atoms with van der Waals surface area (Å²) in [6.07, 6.45) is 5.47. The lowest BCUT2D eigenvalue weighted by Crippen LogP contribution is -2.43. The molecule has 2 heterocycles. The van der Waals surface area contributed by atoms with E-state index in [9.17, 15) is 13.2 Å². The molecule has 1 aromatic rings. The van der Waals surface area contributed by atoms with Crippen LogP contribution in [0.15, 0.2) is 29.2 Å². The van der Waals surface area contributed by atoms with Crippen LogP contribution in [0.4, 0.5) is 0 Å². The van der Waals surface area contributed by atoms with Gasteiger partial charge in [0.15, 0.2) is 6.29 Å². The van der Waals surface area contributed by atoms with Crippen LogP contribution in [0.3, 0.4) is 0 Å². The molecule has 2 aliphatic heterocycles. The van der Waals surface area contributed by atoms with Crippen LogP contribution in [0.2, 0.25) is 0 Å². The Bertz CT molecular complexity index is 801. The number of likely N-dealkylation sites (tertiary alicyclic amines) is 1. The number of rotatable bonds is 5. The van der Waals surface area contributed by atoms with Crippen LogP contribution in [0.1, 0.15) is 48.9 Å². The Hall–Kier alpha value is -1.48. The average molecular weight is 409 g/mol. The molecule has 8 heteroatoms. The Balaban J connectivity index is 1.46. The van der Waals surface area contributed by atoms with E-state index in [4.69, 9.17) is 9.47 Å². The number of sulfonamides is 1. The van der Waals surface area contributed by atoms with Crippen molar-refractivity contribution in [1.29, 1.82) is 0 Å². The number of hydrogen-bond donors (Lipinski definition) is 1. The van der Waals surface area contributed by atoms with Crippen LogP contribution in [0.25, 0.3) is 0 Å². The second-order valence-electron chi connectivity index (χ2n) is 7.89. The van der Waals surface area contributed by atoms with Gasteiger partial charge in [-0.25, -0.2) is 13.1 Å². The number of amides is 1. The van der Waals surface area contributed by atoms with Gasteiger partial charge in [-0.15, -0.1) is 0 Å². The van der Waals surface area contributed by atoms with Gasteiger partial charge in [0.25, 0.3) is 5.91 Å². The predicted molar refractivity (Wildman–Crippen MR) is 103 cm³/mol. The monoisotopic (exact) mass is 408 g/mol. The summed E-state index contributed by atoms with van der Waals surface area (Å²) in [7, 11) is -3.62. The second kappa shape index (κ2) is 8.49. The fourth-order valence-electron chi connectivity index (χ4n) is 4.38. The molecule has 2 saturated heterocycles. The zero-order chi connectivity index (χ0) is 19.6. The van der Waals surface area contributed by atoms with Gasteiger partial charge in [0.2, 0.25) is 10.0 Å². The van der Waals surface area contributed by atoms with E-state index < -0.39 is 10.0 Å². The van der Waals surface area contributed by atoms with E-state index >= 15 is 0 Å². The number of carbonyl (C=O) groups is 1. The molecular formula is C20H28N2O5S. The van der Waals surface area contributed by atoms with Crippen molar-refractivity contribution in [2.75, 3.05) is 26.3 Å². The van der Waals surface area contributed by atoms with E-state index in [1.807, 2.05) is 0 Å². The molecule has 3 aliphatic rings. The highest BCUT2D eigenvalue weighted by Gasteiger charge is 2.33. The Morgan fingerprint density at radius 3 is 2.57 bits per heavy atom. The van der Waals surface area contributed by atoms with Crippen LogP contribution in [-0.2, 0) is 19.5 Å². The molecule has 4 rings (SSSR count). The highest BCUT2D eigenvalue weighted by molar-refractivity contribution is 7.89. The minimum absolute atomic E-state index is 0.00128. The molecule has 1 saturated carbocycles. The summed E-state index contributed by atoms with van der Waals surface area (Å²) in [5.74, 6) is 0.0248. The summed E-state index contributed by atoms with van der Waals surface area (Å²) in [6, 6.07) is 6.36. The Morgan fingerprint density at radius 1 is 1.07 bits per heavy atom. The third-order valence-electron chi connectivity index (χ3n) is 5.85. The standard InChI is InChI=1S/C20H28N2O5S/c23-19(22-10-4-6-16(14-22)20-26-11-12-27-20)15-5-3-9-18(13-15)28(24,25)21-17-7-1-2-8-17/h3,5,9,13,16-17,20-21H,1-2,4,6-8,10-12,14H2. The molecule has 0 aromatic heterocycles. The quantitative estimate of drug-likeness (QED) is 0.807. The molecule has 1 aromatic carbocycles. The molecule has 3 fully saturated rings. The number of piperidine rings is 1. The van der Waals surface area contributed by atoms with Crippen molar-refractivity contribution in [2.24, 2.45) is 5.92 Å². The molecule has 1 amide bonds. The molecule has 154 valence electrons. The minimum Gasteiger partial charge on any atom is -0.350 e. The van der Waals surface area contributed by atoms with Crippen LogP contribution in [0, 0.1) is 5.92 Å². The number of benzene rings is 1. The molecule has 1 aliphatic carbocycles. The van der Waals surface area contributed by atoms with Crippen molar-refractivity contribution in [2.45, 2.75) is 55.8 Å². The lowest BCUT2D eigenvalue weighted by atomic mass is 9.96. The van der Waals surface area contributed by atoms with Crippen molar-refractivity contribution < 1.29 is 22.7 Å². The van der Waals surface area contributed by atoms with Gasteiger partial charge in [0.1, 0.15) is 0 Å². The van der Waals surface area contributed by atoms with E-state index in [2.05, 4.69) is 4.72 Å². The van der Waals surface area contributed by atoms with E-state index in [1.54, 1.807) is 23.1 Å². The number of hydrogen-bond acceptors (Lipinski definition) is 5. The maximum absolute atomic E-state index is 13.0. The first-order valence-corrected chi connectivity index (χ1v) is 11.7. The zero-order valence-corrected chi connectivity index (χ0v) is 16.8. The van der Waals surface area contributed by atoms with Gasteiger partial charge in [-0.05, 0) is 43.9 Å². The normalized spacial score (nSPS) is 24.7. The summed E-state index contributed by atoms with van der Waals surface area (Å²) < 4.78 is 39.4. The summed E-state index contributed by atoms with van der Waals surface area (Å²) in [4.78, 5) is 15.0. The number of nitrogens with one attached hydrogen (secondary N) is 1. The third kappa shape index (κ3) is 4.40. The molecule has 0 radical (unpaired) electrons. The van der Waals surface area contributed by atoms with Gasteiger partial charge in [0, 0.05) is 30.6 Å². The Kier molecular flexibility index (Phi) is 6.01. The second-order valence-corrected chi connectivity index (χ2v) is 9.61. The molecule has 28 heavy (non-hydrogen) atoms. The smallest absolute Gasteiger partial charge is 0.253 e. The van der Waals surface area contributed by atoms with Gasteiger partial charge in [-0.1, -0.05) is 18.9 Å². The highest BCUT2D eigenvalue weighted by atomic mass is 32.2. The fraction of sp³-hybridized carbons (Fsp3) is 0.650. The first-order valence-electron chi connectivity index (χ1n) is 10.2. The predicted octanol–water partition coefficient (Wildman–Crippen LogP) is 2.13.